The molecule has 160 valence electrons. The summed E-state index contributed by atoms with van der Waals surface area (Å²) in [5.41, 5.74) is 4.98. The molecule has 1 aromatic carbocycles. The predicted molar refractivity (Wildman–Crippen MR) is 107 cm³/mol. The highest BCUT2D eigenvalue weighted by molar-refractivity contribution is 5.79. The summed E-state index contributed by atoms with van der Waals surface area (Å²) >= 11 is 0. The molecule has 7 heteroatoms. The fraction of sp³-hybridized carbons (Fsp3) is 0.619. The first kappa shape index (κ1) is 24.7. The number of benzene rings is 1. The number of fused-ring (bicyclic) bond motifs is 1. The number of hydrogen-bond acceptors (Lipinski definition) is 7. The number of ether oxygens (including phenoxy) is 2. The molecule has 0 fully saturated rings. The molecule has 0 spiro atoms. The van der Waals surface area contributed by atoms with Crippen molar-refractivity contribution < 1.29 is 35.0 Å². The second kappa shape index (κ2) is 13.8. The Morgan fingerprint density at radius 2 is 1.61 bits per heavy atom. The van der Waals surface area contributed by atoms with E-state index in [9.17, 15) is 5.11 Å². The largest absolute Gasteiger partial charge is 0.394 e. The molecule has 1 atom stereocenters. The topological polar surface area (TPSA) is 120 Å². The number of aliphatic hydroxyl groups excluding tert-OH is 5. The second-order valence-corrected chi connectivity index (χ2v) is 6.82. The first-order valence-corrected chi connectivity index (χ1v) is 9.62. The van der Waals surface area contributed by atoms with Crippen LogP contribution in [-0.2, 0) is 15.9 Å². The van der Waals surface area contributed by atoms with Crippen LogP contribution in [0.1, 0.15) is 25.0 Å². The normalized spacial score (nSPS) is 14.3. The minimum absolute atomic E-state index is 0.0133. The van der Waals surface area contributed by atoms with Gasteiger partial charge in [-0.1, -0.05) is 43.7 Å². The molecule has 2 rings (SSSR count). The van der Waals surface area contributed by atoms with Crippen LogP contribution in [0.3, 0.4) is 0 Å². The molecule has 0 amide bonds. The third kappa shape index (κ3) is 7.60. The van der Waals surface area contributed by atoms with Gasteiger partial charge in [-0.05, 0) is 29.0 Å². The van der Waals surface area contributed by atoms with Crippen molar-refractivity contribution in [1.82, 2.24) is 0 Å². The van der Waals surface area contributed by atoms with Crippen LogP contribution in [0.15, 0.2) is 29.8 Å². The zero-order valence-corrected chi connectivity index (χ0v) is 16.8. The molecule has 0 aromatic heterocycles. The van der Waals surface area contributed by atoms with E-state index in [0.717, 1.165) is 12.0 Å². The molecule has 0 radical (unpaired) electrons. The molecule has 0 heterocycles. The molecule has 7 nitrogen and oxygen atoms in total. The molecule has 28 heavy (non-hydrogen) atoms. The number of allylic oxidation sites excluding steroid dienone is 1. The Morgan fingerprint density at radius 3 is 2.14 bits per heavy atom. The SMILES string of the molecule is CC(C)C1=C(C(CO)OCCOCCO)c2ccccc2C1.OCC(O)CO. The molecule has 0 saturated heterocycles. The predicted octanol–water partition coefficient (Wildman–Crippen LogP) is 0.371. The van der Waals surface area contributed by atoms with E-state index in [4.69, 9.17) is 29.9 Å². The lowest BCUT2D eigenvalue weighted by molar-refractivity contribution is -0.000745. The van der Waals surface area contributed by atoms with Gasteiger partial charge >= 0.3 is 0 Å². The Bertz CT molecular complexity index is 582. The van der Waals surface area contributed by atoms with Gasteiger partial charge in [-0.15, -0.1) is 0 Å². The van der Waals surface area contributed by atoms with Gasteiger partial charge in [0.15, 0.2) is 0 Å². The van der Waals surface area contributed by atoms with Gasteiger partial charge in [0.1, 0.15) is 12.2 Å². The van der Waals surface area contributed by atoms with Gasteiger partial charge in [0.25, 0.3) is 0 Å². The van der Waals surface area contributed by atoms with Gasteiger partial charge in [0.05, 0.1) is 46.2 Å². The fourth-order valence-corrected chi connectivity index (χ4v) is 3.01. The highest BCUT2D eigenvalue weighted by Gasteiger charge is 2.28. The molecule has 0 aliphatic heterocycles. The average molecular weight is 398 g/mol. The zero-order chi connectivity index (χ0) is 20.9. The maximum absolute atomic E-state index is 9.77. The van der Waals surface area contributed by atoms with Crippen molar-refractivity contribution in [2.24, 2.45) is 5.92 Å². The Hall–Kier alpha value is -1.32. The Morgan fingerprint density at radius 1 is 0.929 bits per heavy atom. The molecule has 1 aliphatic carbocycles. The summed E-state index contributed by atoms with van der Waals surface area (Å²) in [5, 5.41) is 42.5. The summed E-state index contributed by atoms with van der Waals surface area (Å²) < 4.78 is 11.1. The second-order valence-electron chi connectivity index (χ2n) is 6.82. The van der Waals surface area contributed by atoms with Gasteiger partial charge in [0.2, 0.25) is 0 Å². The van der Waals surface area contributed by atoms with E-state index in [0.29, 0.717) is 25.7 Å². The van der Waals surface area contributed by atoms with Crippen LogP contribution >= 0.6 is 0 Å². The summed E-state index contributed by atoms with van der Waals surface area (Å²) in [6, 6.07) is 8.33. The van der Waals surface area contributed by atoms with Crippen LogP contribution in [0, 0.1) is 5.92 Å². The Kier molecular flexibility index (Phi) is 12.2. The zero-order valence-electron chi connectivity index (χ0n) is 16.8. The summed E-state index contributed by atoms with van der Waals surface area (Å²) in [5.74, 6) is 0.422. The quantitative estimate of drug-likeness (QED) is 0.342. The van der Waals surface area contributed by atoms with Gasteiger partial charge < -0.3 is 35.0 Å². The highest BCUT2D eigenvalue weighted by Crippen LogP contribution is 2.39. The van der Waals surface area contributed by atoms with E-state index in [1.54, 1.807) is 0 Å². The summed E-state index contributed by atoms with van der Waals surface area (Å²) in [4.78, 5) is 0. The van der Waals surface area contributed by atoms with Crippen molar-refractivity contribution in [3.05, 3.63) is 41.0 Å². The molecule has 5 N–H and O–H groups in total. The van der Waals surface area contributed by atoms with Crippen molar-refractivity contribution in [3.8, 4) is 0 Å². The van der Waals surface area contributed by atoms with Crippen LogP contribution in [0.4, 0.5) is 0 Å². The van der Waals surface area contributed by atoms with Gasteiger partial charge in [-0.2, -0.15) is 0 Å². The van der Waals surface area contributed by atoms with Crippen molar-refractivity contribution >= 4 is 5.57 Å². The lowest BCUT2D eigenvalue weighted by Crippen LogP contribution is -2.23. The van der Waals surface area contributed by atoms with E-state index >= 15 is 0 Å². The van der Waals surface area contributed by atoms with Crippen molar-refractivity contribution in [3.63, 3.8) is 0 Å². The van der Waals surface area contributed by atoms with E-state index in [2.05, 4.69) is 32.0 Å². The summed E-state index contributed by atoms with van der Waals surface area (Å²) in [7, 11) is 0. The van der Waals surface area contributed by atoms with E-state index in [-0.39, 0.29) is 32.5 Å². The van der Waals surface area contributed by atoms with Gasteiger partial charge in [-0.25, -0.2) is 0 Å². The molecule has 0 saturated carbocycles. The first-order valence-electron chi connectivity index (χ1n) is 9.62. The minimum Gasteiger partial charge on any atom is -0.394 e. The maximum Gasteiger partial charge on any atom is 0.106 e. The Labute approximate surface area is 166 Å². The van der Waals surface area contributed by atoms with E-state index in [1.165, 1.54) is 16.7 Å². The third-order valence-corrected chi connectivity index (χ3v) is 4.42. The molecule has 1 aromatic rings. The standard InChI is InChI=1S/C18H26O4.C3H8O3/c1-13(2)16-11-14-5-3-4-6-15(14)18(16)17(12-20)22-10-9-21-8-7-19;4-1-3(6)2-5/h3-6,13,17,19-20H,7-12H2,1-2H3;3-6H,1-2H2. The third-order valence-electron chi connectivity index (χ3n) is 4.42. The monoisotopic (exact) mass is 398 g/mol. The average Bonchev–Trinajstić information content (AvgIpc) is 3.10. The fourth-order valence-electron chi connectivity index (χ4n) is 3.01. The minimum atomic E-state index is -0.954. The van der Waals surface area contributed by atoms with Crippen molar-refractivity contribution in [1.29, 1.82) is 0 Å². The van der Waals surface area contributed by atoms with Crippen LogP contribution in [0.25, 0.3) is 5.57 Å². The van der Waals surface area contributed by atoms with Crippen LogP contribution in [0.2, 0.25) is 0 Å². The van der Waals surface area contributed by atoms with Crippen LogP contribution in [-0.4, -0.2) is 84.0 Å². The Balaban J connectivity index is 0.000000568. The molecular weight excluding hydrogens is 364 g/mol. The van der Waals surface area contributed by atoms with E-state index in [1.807, 2.05) is 6.07 Å². The first-order chi connectivity index (χ1) is 13.5. The smallest absolute Gasteiger partial charge is 0.106 e. The lowest BCUT2D eigenvalue weighted by atomic mass is 9.94. The summed E-state index contributed by atoms with van der Waals surface area (Å²) in [6.07, 6.45) is -0.340. The maximum atomic E-state index is 9.77. The number of hydrogen-bond donors (Lipinski definition) is 5. The number of aliphatic hydroxyl groups is 5. The van der Waals surface area contributed by atoms with Gasteiger partial charge in [-0.3, -0.25) is 0 Å². The van der Waals surface area contributed by atoms with Crippen LogP contribution < -0.4 is 0 Å². The molecule has 1 unspecified atom stereocenters. The van der Waals surface area contributed by atoms with Gasteiger partial charge in [0, 0.05) is 0 Å². The lowest BCUT2D eigenvalue weighted by Gasteiger charge is -2.21. The van der Waals surface area contributed by atoms with Crippen LogP contribution in [0.5, 0.6) is 0 Å². The van der Waals surface area contributed by atoms with Crippen molar-refractivity contribution in [2.75, 3.05) is 46.2 Å². The molecular formula is C21H34O7. The molecule has 0 bridgehead atoms. The molecule has 1 aliphatic rings. The van der Waals surface area contributed by atoms with Crippen molar-refractivity contribution in [2.45, 2.75) is 32.5 Å². The van der Waals surface area contributed by atoms with E-state index < -0.39 is 6.10 Å². The number of rotatable bonds is 11. The highest BCUT2D eigenvalue weighted by atomic mass is 16.5. The summed E-state index contributed by atoms with van der Waals surface area (Å²) in [6.45, 7) is 4.74.